The van der Waals surface area contributed by atoms with Crippen LogP contribution in [-0.4, -0.2) is 9.97 Å². The molecule has 2 nitrogen and oxygen atoms in total. The molecule has 0 bridgehead atoms. The molecule has 0 aromatic carbocycles. The van der Waals surface area contributed by atoms with Crippen LogP contribution in [0.5, 0.6) is 0 Å². The molecular formula is C10H10N2S. The van der Waals surface area contributed by atoms with E-state index in [9.17, 15) is 0 Å². The van der Waals surface area contributed by atoms with E-state index in [0.29, 0.717) is 0 Å². The summed E-state index contributed by atoms with van der Waals surface area (Å²) in [6, 6.07) is 4.05. The Kier molecular flexibility index (Phi) is 2.10. The van der Waals surface area contributed by atoms with Gasteiger partial charge in [-0.2, -0.15) is 0 Å². The van der Waals surface area contributed by atoms with E-state index < -0.39 is 0 Å². The largest absolute Gasteiger partial charge is 0.236 e. The first-order chi connectivity index (χ1) is 6.27. The van der Waals surface area contributed by atoms with Crippen molar-refractivity contribution >= 4 is 11.3 Å². The molecule has 0 spiro atoms. The highest BCUT2D eigenvalue weighted by Crippen LogP contribution is 2.20. The van der Waals surface area contributed by atoms with Crippen LogP contribution in [0.15, 0.2) is 23.7 Å². The summed E-state index contributed by atoms with van der Waals surface area (Å²) in [7, 11) is 0. The van der Waals surface area contributed by atoms with Crippen LogP contribution < -0.4 is 0 Å². The van der Waals surface area contributed by atoms with Crippen LogP contribution in [0.4, 0.5) is 0 Å². The van der Waals surface area contributed by atoms with Crippen molar-refractivity contribution in [2.24, 2.45) is 0 Å². The lowest BCUT2D eigenvalue weighted by molar-refractivity contribution is 1.08. The van der Waals surface area contributed by atoms with Crippen LogP contribution in [0.25, 0.3) is 10.7 Å². The molecule has 13 heavy (non-hydrogen) atoms. The summed E-state index contributed by atoms with van der Waals surface area (Å²) in [6.45, 7) is 4.03. The van der Waals surface area contributed by atoms with Crippen molar-refractivity contribution in [3.05, 3.63) is 35.0 Å². The molecule has 2 aromatic heterocycles. The third-order valence-corrected chi connectivity index (χ3v) is 2.83. The first-order valence-electron chi connectivity index (χ1n) is 4.11. The summed E-state index contributed by atoms with van der Waals surface area (Å²) >= 11 is 1.67. The summed E-state index contributed by atoms with van der Waals surface area (Å²) in [5, 5.41) is 2.04. The monoisotopic (exact) mass is 190 g/mol. The Labute approximate surface area is 81.3 Å². The SMILES string of the molecule is Cc1cnc(-c2cccs2)nc1C. The van der Waals surface area contributed by atoms with Crippen molar-refractivity contribution in [1.82, 2.24) is 9.97 Å². The molecule has 0 fully saturated rings. The van der Waals surface area contributed by atoms with Gasteiger partial charge < -0.3 is 0 Å². The molecule has 2 aromatic rings. The molecule has 0 amide bonds. The number of aryl methyl sites for hydroxylation is 2. The van der Waals surface area contributed by atoms with E-state index in [1.165, 1.54) is 0 Å². The highest BCUT2D eigenvalue weighted by molar-refractivity contribution is 7.13. The number of thiophene rings is 1. The zero-order chi connectivity index (χ0) is 9.26. The topological polar surface area (TPSA) is 25.8 Å². The maximum atomic E-state index is 4.41. The second-order valence-corrected chi connectivity index (χ2v) is 3.89. The van der Waals surface area contributed by atoms with E-state index in [1.54, 1.807) is 11.3 Å². The molecule has 0 unspecified atom stereocenters. The summed E-state index contributed by atoms with van der Waals surface area (Å²) in [5.41, 5.74) is 2.19. The molecule has 2 rings (SSSR count). The Morgan fingerprint density at radius 1 is 1.31 bits per heavy atom. The smallest absolute Gasteiger partial charge is 0.169 e. The second kappa shape index (κ2) is 3.26. The first-order valence-corrected chi connectivity index (χ1v) is 4.99. The lowest BCUT2D eigenvalue weighted by Crippen LogP contribution is -1.92. The fourth-order valence-electron chi connectivity index (χ4n) is 1.05. The fourth-order valence-corrected chi connectivity index (χ4v) is 1.72. The molecular weight excluding hydrogens is 180 g/mol. The van der Waals surface area contributed by atoms with E-state index >= 15 is 0 Å². The minimum Gasteiger partial charge on any atom is -0.236 e. The van der Waals surface area contributed by atoms with Crippen molar-refractivity contribution in [3.8, 4) is 10.7 Å². The first kappa shape index (κ1) is 8.38. The molecule has 3 heteroatoms. The second-order valence-electron chi connectivity index (χ2n) is 2.94. The van der Waals surface area contributed by atoms with Gasteiger partial charge in [-0.05, 0) is 30.9 Å². The molecule has 0 saturated heterocycles. The van der Waals surface area contributed by atoms with Crippen molar-refractivity contribution < 1.29 is 0 Å². The van der Waals surface area contributed by atoms with Crippen LogP contribution >= 0.6 is 11.3 Å². The van der Waals surface area contributed by atoms with Gasteiger partial charge in [0, 0.05) is 11.9 Å². The minimum absolute atomic E-state index is 0.832. The summed E-state index contributed by atoms with van der Waals surface area (Å²) in [4.78, 5) is 9.82. The lowest BCUT2D eigenvalue weighted by atomic mass is 10.3. The Morgan fingerprint density at radius 2 is 2.15 bits per heavy atom. The molecule has 0 aliphatic rings. The summed E-state index contributed by atoms with van der Waals surface area (Å²) in [5.74, 6) is 0.832. The van der Waals surface area contributed by atoms with E-state index in [2.05, 4.69) is 9.97 Å². The van der Waals surface area contributed by atoms with Gasteiger partial charge in [-0.1, -0.05) is 6.07 Å². The van der Waals surface area contributed by atoms with Gasteiger partial charge in [0.2, 0.25) is 0 Å². The fraction of sp³-hybridized carbons (Fsp3) is 0.200. The molecule has 66 valence electrons. The standard InChI is InChI=1S/C10H10N2S/c1-7-6-11-10(12-8(7)2)9-4-3-5-13-9/h3-6H,1-2H3. The number of aromatic nitrogens is 2. The van der Waals surface area contributed by atoms with E-state index in [4.69, 9.17) is 0 Å². The Bertz CT molecular complexity index is 407. The van der Waals surface area contributed by atoms with Gasteiger partial charge in [0.25, 0.3) is 0 Å². The lowest BCUT2D eigenvalue weighted by Gasteiger charge is -2.00. The van der Waals surface area contributed by atoms with Gasteiger partial charge in [0.1, 0.15) is 0 Å². The molecule has 0 N–H and O–H groups in total. The van der Waals surface area contributed by atoms with Crippen LogP contribution in [0.3, 0.4) is 0 Å². The van der Waals surface area contributed by atoms with Gasteiger partial charge in [-0.15, -0.1) is 11.3 Å². The van der Waals surface area contributed by atoms with E-state index in [0.717, 1.165) is 22.0 Å². The van der Waals surface area contributed by atoms with Crippen LogP contribution in [0.2, 0.25) is 0 Å². The van der Waals surface area contributed by atoms with Gasteiger partial charge in [0.05, 0.1) is 4.88 Å². The highest BCUT2D eigenvalue weighted by Gasteiger charge is 2.02. The molecule has 2 heterocycles. The molecule has 0 aliphatic heterocycles. The number of hydrogen-bond donors (Lipinski definition) is 0. The number of nitrogens with zero attached hydrogens (tertiary/aromatic N) is 2. The number of hydrogen-bond acceptors (Lipinski definition) is 3. The summed E-state index contributed by atoms with van der Waals surface area (Å²) in [6.07, 6.45) is 1.87. The number of rotatable bonds is 1. The Balaban J connectivity index is 2.49. The highest BCUT2D eigenvalue weighted by atomic mass is 32.1. The van der Waals surface area contributed by atoms with Crippen molar-refractivity contribution in [2.45, 2.75) is 13.8 Å². The average molecular weight is 190 g/mol. The molecule has 0 saturated carbocycles. The quantitative estimate of drug-likeness (QED) is 0.691. The Hall–Kier alpha value is -1.22. The predicted octanol–water partition coefficient (Wildman–Crippen LogP) is 2.82. The van der Waals surface area contributed by atoms with Gasteiger partial charge in [-0.25, -0.2) is 9.97 Å². The van der Waals surface area contributed by atoms with Crippen LogP contribution in [-0.2, 0) is 0 Å². The third-order valence-electron chi connectivity index (χ3n) is 1.97. The Morgan fingerprint density at radius 3 is 2.77 bits per heavy atom. The third kappa shape index (κ3) is 1.60. The van der Waals surface area contributed by atoms with E-state index in [1.807, 2.05) is 37.6 Å². The van der Waals surface area contributed by atoms with Gasteiger partial charge in [0.15, 0.2) is 5.82 Å². The molecule has 0 radical (unpaired) electrons. The molecule has 0 aliphatic carbocycles. The summed E-state index contributed by atoms with van der Waals surface area (Å²) < 4.78 is 0. The van der Waals surface area contributed by atoms with E-state index in [-0.39, 0.29) is 0 Å². The average Bonchev–Trinajstić information content (AvgIpc) is 2.62. The molecule has 0 atom stereocenters. The van der Waals surface area contributed by atoms with Crippen LogP contribution in [0, 0.1) is 13.8 Å². The zero-order valence-electron chi connectivity index (χ0n) is 7.61. The van der Waals surface area contributed by atoms with Gasteiger partial charge in [-0.3, -0.25) is 0 Å². The zero-order valence-corrected chi connectivity index (χ0v) is 8.43. The van der Waals surface area contributed by atoms with Gasteiger partial charge >= 0.3 is 0 Å². The minimum atomic E-state index is 0.832. The van der Waals surface area contributed by atoms with Crippen molar-refractivity contribution in [2.75, 3.05) is 0 Å². The van der Waals surface area contributed by atoms with Crippen molar-refractivity contribution in [3.63, 3.8) is 0 Å². The maximum absolute atomic E-state index is 4.41. The normalized spacial score (nSPS) is 10.3. The maximum Gasteiger partial charge on any atom is 0.169 e. The van der Waals surface area contributed by atoms with Crippen LogP contribution in [0.1, 0.15) is 11.3 Å². The predicted molar refractivity (Wildman–Crippen MR) is 54.8 cm³/mol. The van der Waals surface area contributed by atoms with Crippen molar-refractivity contribution in [1.29, 1.82) is 0 Å².